The van der Waals surface area contributed by atoms with Crippen molar-refractivity contribution in [1.82, 2.24) is 0 Å². The van der Waals surface area contributed by atoms with Gasteiger partial charge in [0, 0.05) is 17.0 Å². The van der Waals surface area contributed by atoms with Gasteiger partial charge in [0.05, 0.1) is 11.5 Å². The summed E-state index contributed by atoms with van der Waals surface area (Å²) in [7, 11) is 0. The summed E-state index contributed by atoms with van der Waals surface area (Å²) in [6, 6.07) is 5.60. The van der Waals surface area contributed by atoms with Gasteiger partial charge in [-0.05, 0) is 12.1 Å². The van der Waals surface area contributed by atoms with Crippen molar-refractivity contribution in [2.24, 2.45) is 0 Å². The Kier molecular flexibility index (Phi) is 5.14. The van der Waals surface area contributed by atoms with Gasteiger partial charge in [0.1, 0.15) is 29.9 Å². The fourth-order valence-corrected chi connectivity index (χ4v) is 3.01. The van der Waals surface area contributed by atoms with Crippen molar-refractivity contribution in [3.63, 3.8) is 0 Å². The van der Waals surface area contributed by atoms with Gasteiger partial charge in [-0.25, -0.2) is 0 Å². The van der Waals surface area contributed by atoms with Crippen LogP contribution in [0.4, 0.5) is 5.69 Å². The van der Waals surface area contributed by atoms with Crippen LogP contribution in [0.3, 0.4) is 0 Å². The van der Waals surface area contributed by atoms with Gasteiger partial charge in [0.2, 0.25) is 0 Å². The molecule has 2 unspecified atom stereocenters. The molecule has 1 saturated heterocycles. The molecule has 1 aromatic rings. The molecule has 5 atom stereocenters. The van der Waals surface area contributed by atoms with Crippen LogP contribution in [0, 0.1) is 10.1 Å². The number of nitrogens with zero attached hydrogens (tertiary/aromatic N) is 1. The molecule has 0 saturated carbocycles. The van der Waals surface area contributed by atoms with E-state index in [9.17, 15) is 25.4 Å². The normalized spacial score (nSPS) is 32.9. The van der Waals surface area contributed by atoms with E-state index in [2.05, 4.69) is 0 Å². The van der Waals surface area contributed by atoms with Gasteiger partial charge < -0.3 is 25.2 Å². The highest BCUT2D eigenvalue weighted by Crippen LogP contribution is 2.33. The molecule has 0 aromatic heterocycles. The van der Waals surface area contributed by atoms with Gasteiger partial charge in [-0.3, -0.25) is 10.1 Å². The Morgan fingerprint density at radius 3 is 2.29 bits per heavy atom. The van der Waals surface area contributed by atoms with Crippen molar-refractivity contribution < 1.29 is 30.1 Å². The summed E-state index contributed by atoms with van der Waals surface area (Å²) in [4.78, 5) is 10.6. The smallest absolute Gasteiger partial charge is 0.269 e. The first kappa shape index (κ1) is 16.1. The van der Waals surface area contributed by atoms with Gasteiger partial charge in [0.25, 0.3) is 5.69 Å². The van der Waals surface area contributed by atoms with Crippen molar-refractivity contribution in [1.29, 1.82) is 0 Å². The van der Waals surface area contributed by atoms with Crippen LogP contribution < -0.4 is 0 Å². The molecule has 1 aromatic carbocycles. The number of ether oxygens (including phenoxy) is 1. The Morgan fingerprint density at radius 1 is 1.14 bits per heavy atom. The molecule has 116 valence electrons. The lowest BCUT2D eigenvalue weighted by Crippen LogP contribution is -2.57. The van der Waals surface area contributed by atoms with E-state index in [4.69, 9.17) is 9.84 Å². The van der Waals surface area contributed by atoms with E-state index in [0.717, 1.165) is 11.8 Å². The van der Waals surface area contributed by atoms with Gasteiger partial charge in [-0.1, -0.05) is 11.8 Å². The van der Waals surface area contributed by atoms with E-state index in [1.807, 2.05) is 0 Å². The van der Waals surface area contributed by atoms with Crippen LogP contribution in [0.25, 0.3) is 0 Å². The fourth-order valence-electron chi connectivity index (χ4n) is 1.95. The number of hydrogen-bond donors (Lipinski definition) is 4. The second-order valence-corrected chi connectivity index (χ2v) is 5.74. The number of rotatable bonds is 4. The van der Waals surface area contributed by atoms with E-state index in [1.54, 1.807) is 0 Å². The number of non-ortho nitro benzene ring substituents is 1. The first-order chi connectivity index (χ1) is 9.93. The number of aliphatic hydroxyl groups is 4. The number of hydrogen-bond acceptors (Lipinski definition) is 8. The summed E-state index contributed by atoms with van der Waals surface area (Å²) in [5.41, 5.74) is -0.963. The molecule has 0 amide bonds. The number of thioether (sulfide) groups is 1. The summed E-state index contributed by atoms with van der Waals surface area (Å²) in [5.74, 6) is 0. The van der Waals surface area contributed by atoms with Gasteiger partial charge in [-0.15, -0.1) is 0 Å². The fraction of sp³-hybridized carbons (Fsp3) is 0.500. The highest BCUT2D eigenvalue weighted by atomic mass is 32.2. The van der Waals surface area contributed by atoms with Crippen molar-refractivity contribution in [3.05, 3.63) is 34.4 Å². The van der Waals surface area contributed by atoms with Crippen LogP contribution >= 0.6 is 11.8 Å². The maximum Gasteiger partial charge on any atom is 0.269 e. The predicted octanol–water partition coefficient (Wildman–Crippen LogP) is -0.513. The number of aliphatic hydroxyl groups excluding tert-OH is 4. The van der Waals surface area contributed by atoms with Crippen molar-refractivity contribution in [2.75, 3.05) is 6.61 Å². The molecular formula is C12H15NO7S. The van der Waals surface area contributed by atoms with Crippen molar-refractivity contribution >= 4 is 17.4 Å². The Morgan fingerprint density at radius 2 is 1.76 bits per heavy atom. The van der Waals surface area contributed by atoms with Crippen molar-refractivity contribution in [3.8, 4) is 0 Å². The minimum atomic E-state index is -1.44. The zero-order valence-corrected chi connectivity index (χ0v) is 11.6. The Hall–Kier alpha value is -1.23. The summed E-state index contributed by atoms with van der Waals surface area (Å²) in [6.07, 6.45) is -5.16. The first-order valence-corrected chi connectivity index (χ1v) is 7.03. The van der Waals surface area contributed by atoms with E-state index in [1.165, 1.54) is 24.3 Å². The third-order valence-electron chi connectivity index (χ3n) is 3.15. The van der Waals surface area contributed by atoms with E-state index >= 15 is 0 Å². The van der Waals surface area contributed by atoms with E-state index in [0.29, 0.717) is 4.90 Å². The Labute approximate surface area is 124 Å². The van der Waals surface area contributed by atoms with E-state index < -0.39 is 41.4 Å². The standard InChI is InChI=1S/C12H15NO7S/c14-5-8-9(15)10(16)11(17)12(20-8)21-7-3-1-6(2-4-7)13(18)19/h1-4,8-12,14-17H,5H2/t8?,9-,10+,11?,12+/m1/s1. The summed E-state index contributed by atoms with van der Waals surface area (Å²) in [6.45, 7) is -0.498. The average Bonchev–Trinajstić information content (AvgIpc) is 2.48. The number of nitro benzene ring substituents is 1. The highest BCUT2D eigenvalue weighted by molar-refractivity contribution is 7.99. The van der Waals surface area contributed by atoms with Crippen LogP contribution in [-0.2, 0) is 4.74 Å². The molecular weight excluding hydrogens is 302 g/mol. The van der Waals surface area contributed by atoms with Gasteiger partial charge in [0.15, 0.2) is 0 Å². The molecule has 1 aliphatic heterocycles. The average molecular weight is 317 g/mol. The first-order valence-electron chi connectivity index (χ1n) is 6.15. The van der Waals surface area contributed by atoms with E-state index in [-0.39, 0.29) is 5.69 Å². The molecule has 1 heterocycles. The number of nitro groups is 1. The minimum absolute atomic E-state index is 0.0619. The molecule has 1 fully saturated rings. The van der Waals surface area contributed by atoms with Crippen LogP contribution in [0.1, 0.15) is 0 Å². The monoisotopic (exact) mass is 317 g/mol. The maximum absolute atomic E-state index is 10.6. The highest BCUT2D eigenvalue weighted by Gasteiger charge is 2.43. The SMILES string of the molecule is O=[N+]([O-])c1ccc(S[C@@H]2OC(CO)[C@@H](O)[C@H](O)C2O)cc1. The molecule has 0 aliphatic carbocycles. The number of benzene rings is 1. The molecule has 8 nitrogen and oxygen atoms in total. The predicted molar refractivity (Wildman–Crippen MR) is 72.7 cm³/mol. The zero-order valence-electron chi connectivity index (χ0n) is 10.8. The molecule has 0 spiro atoms. The van der Waals surface area contributed by atoms with Crippen LogP contribution in [-0.4, -0.2) is 61.8 Å². The zero-order chi connectivity index (χ0) is 15.6. The van der Waals surface area contributed by atoms with Crippen LogP contribution in [0.2, 0.25) is 0 Å². The lowest BCUT2D eigenvalue weighted by molar-refractivity contribution is -0.384. The second kappa shape index (κ2) is 6.69. The lowest BCUT2D eigenvalue weighted by Gasteiger charge is -2.39. The van der Waals surface area contributed by atoms with Gasteiger partial charge >= 0.3 is 0 Å². The maximum atomic E-state index is 10.6. The third kappa shape index (κ3) is 3.51. The quantitative estimate of drug-likeness (QED) is 0.431. The Balaban J connectivity index is 2.08. The van der Waals surface area contributed by atoms with Crippen molar-refractivity contribution in [2.45, 2.75) is 34.7 Å². The Bertz CT molecular complexity index is 495. The largest absolute Gasteiger partial charge is 0.394 e. The second-order valence-electron chi connectivity index (χ2n) is 4.57. The lowest BCUT2D eigenvalue weighted by atomic mass is 10.0. The summed E-state index contributed by atoms with van der Waals surface area (Å²) >= 11 is 1.04. The molecule has 0 bridgehead atoms. The third-order valence-corrected chi connectivity index (χ3v) is 4.31. The summed E-state index contributed by atoms with van der Waals surface area (Å²) < 4.78 is 5.33. The molecule has 0 radical (unpaired) electrons. The molecule has 21 heavy (non-hydrogen) atoms. The molecule has 9 heteroatoms. The molecule has 4 N–H and O–H groups in total. The van der Waals surface area contributed by atoms with Gasteiger partial charge in [-0.2, -0.15) is 0 Å². The summed E-state index contributed by atoms with van der Waals surface area (Å²) in [5, 5.41) is 48.9. The molecule has 2 rings (SSSR count). The minimum Gasteiger partial charge on any atom is -0.394 e. The van der Waals surface area contributed by atoms with Crippen LogP contribution in [0.15, 0.2) is 29.2 Å². The van der Waals surface area contributed by atoms with Crippen LogP contribution in [0.5, 0.6) is 0 Å². The molecule has 1 aliphatic rings. The topological polar surface area (TPSA) is 133 Å².